The Labute approximate surface area is 141 Å². The van der Waals surface area contributed by atoms with E-state index in [0.717, 1.165) is 31.1 Å². The minimum Gasteiger partial charge on any atom is -0.295 e. The predicted octanol–water partition coefficient (Wildman–Crippen LogP) is 5.85. The lowest BCUT2D eigenvalue weighted by Crippen LogP contribution is -2.46. The Morgan fingerprint density at radius 3 is 2.65 bits per heavy atom. The Hall–Kier alpha value is -0.850. The number of allylic oxidation sites excluding steroid dienone is 4. The third kappa shape index (κ3) is 1.88. The van der Waals surface area contributed by atoms with Gasteiger partial charge in [-0.3, -0.25) is 4.79 Å². The summed E-state index contributed by atoms with van der Waals surface area (Å²) in [5, 5.41) is 0. The van der Waals surface area contributed by atoms with Crippen LogP contribution in [0.4, 0.5) is 0 Å². The minimum atomic E-state index is 0.198. The number of rotatable bonds is 1. The molecule has 0 bridgehead atoms. The third-order valence-electron chi connectivity index (χ3n) is 8.89. The zero-order chi connectivity index (χ0) is 16.5. The van der Waals surface area contributed by atoms with Gasteiger partial charge in [0.15, 0.2) is 5.78 Å². The van der Waals surface area contributed by atoms with Crippen molar-refractivity contribution in [3.63, 3.8) is 0 Å². The van der Waals surface area contributed by atoms with Crippen molar-refractivity contribution in [2.24, 2.45) is 28.1 Å². The Morgan fingerprint density at radius 1 is 1.13 bits per heavy atom. The molecule has 0 aliphatic heterocycles. The molecule has 0 aromatic rings. The van der Waals surface area contributed by atoms with Crippen LogP contribution in [0.3, 0.4) is 0 Å². The summed E-state index contributed by atoms with van der Waals surface area (Å²) in [5.41, 5.74) is 4.35. The van der Waals surface area contributed by atoms with Crippen molar-refractivity contribution in [3.05, 3.63) is 23.3 Å². The van der Waals surface area contributed by atoms with Gasteiger partial charge in [-0.25, -0.2) is 0 Å². The fraction of sp³-hybridized carbons (Fsp3) is 0.773. The van der Waals surface area contributed by atoms with E-state index in [1.54, 1.807) is 5.57 Å². The van der Waals surface area contributed by atoms with Gasteiger partial charge in [-0.1, -0.05) is 51.3 Å². The van der Waals surface area contributed by atoms with Crippen LogP contribution in [0, 0.1) is 28.1 Å². The molecule has 23 heavy (non-hydrogen) atoms. The lowest BCUT2D eigenvalue weighted by molar-refractivity contribution is -0.115. The molecule has 126 valence electrons. The highest BCUT2D eigenvalue weighted by Crippen LogP contribution is 2.68. The van der Waals surface area contributed by atoms with E-state index in [4.69, 9.17) is 0 Å². The first-order valence-electron chi connectivity index (χ1n) is 9.78. The SMILES string of the molecule is CCC1(C)CC[C@H]2C3CCC4=CC(=O)CC[C@]4(C)C3=CC[C@@]21C. The molecule has 2 fully saturated rings. The predicted molar refractivity (Wildman–Crippen MR) is 95.1 cm³/mol. The van der Waals surface area contributed by atoms with Crippen LogP contribution in [0.1, 0.15) is 79.1 Å². The molecule has 0 amide bonds. The van der Waals surface area contributed by atoms with E-state index in [1.807, 2.05) is 6.08 Å². The molecule has 0 saturated heterocycles. The second kappa shape index (κ2) is 4.83. The molecule has 1 nitrogen and oxygen atoms in total. The molecule has 0 radical (unpaired) electrons. The zero-order valence-electron chi connectivity index (χ0n) is 15.4. The summed E-state index contributed by atoms with van der Waals surface area (Å²) in [7, 11) is 0. The topological polar surface area (TPSA) is 17.1 Å². The van der Waals surface area contributed by atoms with Crippen LogP contribution in [-0.2, 0) is 4.79 Å². The summed E-state index contributed by atoms with van der Waals surface area (Å²) in [6, 6.07) is 0. The van der Waals surface area contributed by atoms with E-state index >= 15 is 0 Å². The number of ketones is 1. The van der Waals surface area contributed by atoms with E-state index in [0.29, 0.717) is 16.6 Å². The molecular weight excluding hydrogens is 280 g/mol. The first kappa shape index (κ1) is 15.7. The van der Waals surface area contributed by atoms with Crippen molar-refractivity contribution in [1.82, 2.24) is 0 Å². The lowest BCUT2D eigenvalue weighted by atomic mass is 9.49. The van der Waals surface area contributed by atoms with E-state index in [-0.39, 0.29) is 5.41 Å². The van der Waals surface area contributed by atoms with Crippen molar-refractivity contribution in [3.8, 4) is 0 Å². The Kier molecular flexibility index (Phi) is 3.29. The van der Waals surface area contributed by atoms with Crippen molar-refractivity contribution in [2.75, 3.05) is 0 Å². The monoisotopic (exact) mass is 312 g/mol. The molecule has 4 rings (SSSR count). The summed E-state index contributed by atoms with van der Waals surface area (Å²) >= 11 is 0. The van der Waals surface area contributed by atoms with Gasteiger partial charge in [-0.15, -0.1) is 0 Å². The minimum absolute atomic E-state index is 0.198. The van der Waals surface area contributed by atoms with Crippen molar-refractivity contribution < 1.29 is 4.79 Å². The largest absolute Gasteiger partial charge is 0.295 e. The van der Waals surface area contributed by atoms with E-state index in [1.165, 1.54) is 37.7 Å². The molecule has 0 aromatic heterocycles. The molecule has 2 saturated carbocycles. The van der Waals surface area contributed by atoms with Gasteiger partial charge >= 0.3 is 0 Å². The maximum Gasteiger partial charge on any atom is 0.155 e. The highest BCUT2D eigenvalue weighted by Gasteiger charge is 2.59. The second-order valence-corrected chi connectivity index (χ2v) is 9.45. The zero-order valence-corrected chi connectivity index (χ0v) is 15.4. The van der Waals surface area contributed by atoms with Gasteiger partial charge in [0, 0.05) is 11.8 Å². The van der Waals surface area contributed by atoms with Gasteiger partial charge in [-0.05, 0) is 67.3 Å². The van der Waals surface area contributed by atoms with Crippen LogP contribution in [0.15, 0.2) is 23.3 Å². The van der Waals surface area contributed by atoms with Gasteiger partial charge in [0.1, 0.15) is 0 Å². The lowest BCUT2D eigenvalue weighted by Gasteiger charge is -2.55. The molecule has 5 atom stereocenters. The molecular formula is C22H32O. The van der Waals surface area contributed by atoms with Gasteiger partial charge in [0.2, 0.25) is 0 Å². The first-order chi connectivity index (χ1) is 10.8. The van der Waals surface area contributed by atoms with Gasteiger partial charge < -0.3 is 0 Å². The first-order valence-corrected chi connectivity index (χ1v) is 9.78. The quantitative estimate of drug-likeness (QED) is 0.555. The van der Waals surface area contributed by atoms with Crippen LogP contribution < -0.4 is 0 Å². The summed E-state index contributed by atoms with van der Waals surface area (Å²) in [4.78, 5) is 11.9. The number of hydrogen-bond acceptors (Lipinski definition) is 1. The molecule has 4 aliphatic carbocycles. The normalized spacial score (nSPS) is 49.0. The Morgan fingerprint density at radius 2 is 1.91 bits per heavy atom. The van der Waals surface area contributed by atoms with Crippen LogP contribution in [0.25, 0.3) is 0 Å². The summed E-state index contributed by atoms with van der Waals surface area (Å²) in [6.07, 6.45) is 14.2. The summed E-state index contributed by atoms with van der Waals surface area (Å²) in [6.45, 7) is 9.95. The molecule has 4 aliphatic rings. The number of carbonyl (C=O) groups is 1. The molecule has 0 aromatic carbocycles. The average molecular weight is 312 g/mol. The van der Waals surface area contributed by atoms with Gasteiger partial charge in [0.05, 0.1) is 0 Å². The molecule has 0 heterocycles. The Balaban J connectivity index is 1.76. The van der Waals surface area contributed by atoms with Crippen molar-refractivity contribution in [1.29, 1.82) is 0 Å². The van der Waals surface area contributed by atoms with Crippen LogP contribution in [-0.4, -0.2) is 5.78 Å². The van der Waals surface area contributed by atoms with Gasteiger partial charge in [-0.2, -0.15) is 0 Å². The highest BCUT2D eigenvalue weighted by molar-refractivity contribution is 5.92. The number of fused-ring (bicyclic) bond motifs is 5. The molecule has 0 spiro atoms. The number of hydrogen-bond donors (Lipinski definition) is 0. The maximum atomic E-state index is 11.9. The van der Waals surface area contributed by atoms with E-state index in [9.17, 15) is 4.79 Å². The molecule has 2 unspecified atom stereocenters. The van der Waals surface area contributed by atoms with E-state index < -0.39 is 0 Å². The average Bonchev–Trinajstić information content (AvgIpc) is 2.80. The second-order valence-electron chi connectivity index (χ2n) is 9.45. The highest BCUT2D eigenvalue weighted by atomic mass is 16.1. The van der Waals surface area contributed by atoms with Crippen molar-refractivity contribution in [2.45, 2.75) is 79.1 Å². The summed E-state index contributed by atoms with van der Waals surface area (Å²) < 4.78 is 0. The van der Waals surface area contributed by atoms with Crippen LogP contribution in [0.2, 0.25) is 0 Å². The van der Waals surface area contributed by atoms with Gasteiger partial charge in [0.25, 0.3) is 0 Å². The third-order valence-corrected chi connectivity index (χ3v) is 8.89. The summed E-state index contributed by atoms with van der Waals surface area (Å²) in [5.74, 6) is 2.00. The van der Waals surface area contributed by atoms with Crippen LogP contribution in [0.5, 0.6) is 0 Å². The molecule has 1 heteroatoms. The Bertz CT molecular complexity index is 611. The fourth-order valence-corrected chi connectivity index (χ4v) is 6.78. The molecule has 0 N–H and O–H groups in total. The fourth-order valence-electron chi connectivity index (χ4n) is 6.78. The van der Waals surface area contributed by atoms with Crippen LogP contribution >= 0.6 is 0 Å². The standard InChI is InChI=1S/C22H32O/c1-5-20(2)11-9-19-17-7-6-15-14-16(23)8-12-21(15,3)18(17)10-13-22(19,20)4/h10,14,17,19H,5-9,11-13H2,1-4H3/t17?,19-,20?,21-,22-/m0/s1. The van der Waals surface area contributed by atoms with Crippen molar-refractivity contribution >= 4 is 5.78 Å². The smallest absolute Gasteiger partial charge is 0.155 e. The maximum absolute atomic E-state index is 11.9. The number of carbonyl (C=O) groups excluding carboxylic acids is 1. The van der Waals surface area contributed by atoms with E-state index in [2.05, 4.69) is 33.8 Å².